The zero-order valence-electron chi connectivity index (χ0n) is 11.0. The molecule has 1 fully saturated rings. The van der Waals surface area contributed by atoms with E-state index in [9.17, 15) is 4.79 Å². The fourth-order valence-corrected chi connectivity index (χ4v) is 2.93. The molecule has 1 aliphatic heterocycles. The van der Waals surface area contributed by atoms with Crippen LogP contribution >= 0.6 is 23.2 Å². The number of amides is 1. The van der Waals surface area contributed by atoms with Crippen LogP contribution in [0.25, 0.3) is 0 Å². The first kappa shape index (κ1) is 14.6. The number of aryl methyl sites for hydroxylation is 1. The topological polar surface area (TPSA) is 54.0 Å². The molecule has 1 aromatic rings. The first-order chi connectivity index (χ1) is 8.99. The van der Waals surface area contributed by atoms with Crippen LogP contribution in [0, 0.1) is 12.8 Å². The van der Waals surface area contributed by atoms with Crippen molar-refractivity contribution in [3.05, 3.63) is 21.9 Å². The molecule has 104 valence electrons. The van der Waals surface area contributed by atoms with Crippen molar-refractivity contribution in [2.45, 2.75) is 32.7 Å². The lowest BCUT2D eigenvalue weighted by Gasteiger charge is -2.29. The highest BCUT2D eigenvalue weighted by atomic mass is 35.5. The maximum absolute atomic E-state index is 12.3. The Morgan fingerprint density at radius 2 is 2.26 bits per heavy atom. The van der Waals surface area contributed by atoms with E-state index in [1.54, 1.807) is 6.07 Å². The van der Waals surface area contributed by atoms with Crippen LogP contribution < -0.4 is 10.6 Å². The van der Waals surface area contributed by atoms with Crippen LogP contribution in [0.15, 0.2) is 6.07 Å². The summed E-state index contributed by atoms with van der Waals surface area (Å²) in [6.45, 7) is 4.78. The van der Waals surface area contributed by atoms with Crippen molar-refractivity contribution in [2.24, 2.45) is 5.92 Å². The summed E-state index contributed by atoms with van der Waals surface area (Å²) in [5.41, 5.74) is 1.34. The van der Waals surface area contributed by atoms with Gasteiger partial charge in [0, 0.05) is 0 Å². The molecule has 1 amide bonds. The quantitative estimate of drug-likeness (QED) is 0.826. The van der Waals surface area contributed by atoms with Gasteiger partial charge in [0.1, 0.15) is 5.15 Å². The first-order valence-electron chi connectivity index (χ1n) is 6.36. The molecule has 1 aliphatic rings. The molecule has 1 aromatic heterocycles. The van der Waals surface area contributed by atoms with Crippen molar-refractivity contribution in [2.75, 3.05) is 11.9 Å². The van der Waals surface area contributed by atoms with Crippen molar-refractivity contribution >= 4 is 34.8 Å². The minimum absolute atomic E-state index is 0.0682. The summed E-state index contributed by atoms with van der Waals surface area (Å²) < 4.78 is 0. The maximum atomic E-state index is 12.3. The molecule has 0 spiro atoms. The lowest BCUT2D eigenvalue weighted by molar-refractivity contribution is -0.119. The molecule has 6 heteroatoms. The minimum atomic E-state index is -0.181. The number of rotatable bonds is 2. The number of nitrogens with zero attached hydrogens (tertiary/aromatic N) is 1. The number of hydrogen-bond acceptors (Lipinski definition) is 3. The highest BCUT2D eigenvalue weighted by Crippen LogP contribution is 2.27. The molecule has 2 unspecified atom stereocenters. The number of carbonyl (C=O) groups excluding carboxylic acids is 1. The van der Waals surface area contributed by atoms with Crippen molar-refractivity contribution in [3.63, 3.8) is 0 Å². The Kier molecular flexibility index (Phi) is 4.66. The van der Waals surface area contributed by atoms with E-state index in [0.29, 0.717) is 16.8 Å². The number of hydrogen-bond donors (Lipinski definition) is 2. The molecule has 0 bridgehead atoms. The first-order valence-corrected chi connectivity index (χ1v) is 7.11. The van der Waals surface area contributed by atoms with E-state index in [1.807, 2.05) is 6.92 Å². The van der Waals surface area contributed by atoms with Crippen LogP contribution in [0.3, 0.4) is 0 Å². The molecule has 4 nitrogen and oxygen atoms in total. The second kappa shape index (κ2) is 6.07. The van der Waals surface area contributed by atoms with Crippen LogP contribution in [0.1, 0.15) is 25.3 Å². The second-order valence-electron chi connectivity index (χ2n) is 4.97. The molecular weight excluding hydrogens is 285 g/mol. The van der Waals surface area contributed by atoms with Gasteiger partial charge in [-0.25, -0.2) is 4.98 Å². The predicted molar refractivity (Wildman–Crippen MR) is 77.8 cm³/mol. The van der Waals surface area contributed by atoms with E-state index in [2.05, 4.69) is 22.5 Å². The summed E-state index contributed by atoms with van der Waals surface area (Å²) in [6, 6.07) is 1.50. The molecule has 1 saturated heterocycles. The van der Waals surface area contributed by atoms with E-state index in [4.69, 9.17) is 23.2 Å². The number of piperidine rings is 1. The molecule has 0 saturated carbocycles. The summed E-state index contributed by atoms with van der Waals surface area (Å²) in [5, 5.41) is 6.64. The average molecular weight is 302 g/mol. The average Bonchev–Trinajstić information content (AvgIpc) is 2.34. The Morgan fingerprint density at radius 3 is 2.89 bits per heavy atom. The van der Waals surface area contributed by atoms with Gasteiger partial charge in [-0.05, 0) is 43.9 Å². The SMILES string of the molecule is Cc1cc(Cl)nc(Cl)c1NC(=O)C1NCCCC1C. The van der Waals surface area contributed by atoms with Crippen LogP contribution in [-0.4, -0.2) is 23.5 Å². The van der Waals surface area contributed by atoms with Crippen LogP contribution in [0.5, 0.6) is 0 Å². The molecule has 2 atom stereocenters. The minimum Gasteiger partial charge on any atom is -0.322 e. The lowest BCUT2D eigenvalue weighted by Crippen LogP contribution is -2.48. The molecule has 0 radical (unpaired) electrons. The normalized spacial score (nSPS) is 23.2. The zero-order chi connectivity index (χ0) is 14.0. The fraction of sp³-hybridized carbons (Fsp3) is 0.538. The third-order valence-corrected chi connectivity index (χ3v) is 3.91. The number of pyridine rings is 1. The predicted octanol–water partition coefficient (Wildman–Crippen LogP) is 3.02. The van der Waals surface area contributed by atoms with Crippen molar-refractivity contribution in [1.82, 2.24) is 10.3 Å². The van der Waals surface area contributed by atoms with Gasteiger partial charge in [0.05, 0.1) is 11.7 Å². The van der Waals surface area contributed by atoms with Gasteiger partial charge in [0.15, 0.2) is 5.15 Å². The van der Waals surface area contributed by atoms with Crippen molar-refractivity contribution in [1.29, 1.82) is 0 Å². The number of carbonyl (C=O) groups is 1. The Balaban J connectivity index is 2.14. The number of halogens is 2. The molecular formula is C13H17Cl2N3O. The summed E-state index contributed by atoms with van der Waals surface area (Å²) in [4.78, 5) is 16.2. The Morgan fingerprint density at radius 1 is 1.53 bits per heavy atom. The summed E-state index contributed by atoms with van der Waals surface area (Å²) in [5.74, 6) is 0.245. The maximum Gasteiger partial charge on any atom is 0.241 e. The fourth-order valence-electron chi connectivity index (χ4n) is 2.35. The van der Waals surface area contributed by atoms with Gasteiger partial charge in [-0.15, -0.1) is 0 Å². The van der Waals surface area contributed by atoms with Gasteiger partial charge in [-0.2, -0.15) is 0 Å². The van der Waals surface area contributed by atoms with Gasteiger partial charge >= 0.3 is 0 Å². The van der Waals surface area contributed by atoms with Crippen LogP contribution in [-0.2, 0) is 4.79 Å². The van der Waals surface area contributed by atoms with E-state index in [-0.39, 0.29) is 17.1 Å². The van der Waals surface area contributed by atoms with Gasteiger partial charge in [0.2, 0.25) is 5.91 Å². The van der Waals surface area contributed by atoms with E-state index < -0.39 is 0 Å². The van der Waals surface area contributed by atoms with Gasteiger partial charge < -0.3 is 10.6 Å². The van der Waals surface area contributed by atoms with Crippen LogP contribution in [0.4, 0.5) is 5.69 Å². The molecule has 0 aliphatic carbocycles. The van der Waals surface area contributed by atoms with Crippen LogP contribution in [0.2, 0.25) is 10.3 Å². The number of aromatic nitrogens is 1. The van der Waals surface area contributed by atoms with Crippen molar-refractivity contribution in [3.8, 4) is 0 Å². The monoisotopic (exact) mass is 301 g/mol. The Hall–Kier alpha value is -0.840. The van der Waals surface area contributed by atoms with Gasteiger partial charge in [0.25, 0.3) is 0 Å². The van der Waals surface area contributed by atoms with Gasteiger partial charge in [-0.1, -0.05) is 30.1 Å². The van der Waals surface area contributed by atoms with E-state index in [0.717, 1.165) is 24.9 Å². The van der Waals surface area contributed by atoms with Crippen molar-refractivity contribution < 1.29 is 4.79 Å². The number of anilines is 1. The smallest absolute Gasteiger partial charge is 0.241 e. The second-order valence-corrected chi connectivity index (χ2v) is 5.71. The molecule has 19 heavy (non-hydrogen) atoms. The third-order valence-electron chi connectivity index (χ3n) is 3.44. The highest BCUT2D eigenvalue weighted by molar-refractivity contribution is 6.34. The Bertz CT molecular complexity index is 470. The number of nitrogens with one attached hydrogen (secondary N) is 2. The lowest BCUT2D eigenvalue weighted by atomic mass is 9.92. The molecule has 2 rings (SSSR count). The molecule has 0 aromatic carbocycles. The highest BCUT2D eigenvalue weighted by Gasteiger charge is 2.28. The third kappa shape index (κ3) is 3.38. The zero-order valence-corrected chi connectivity index (χ0v) is 12.5. The molecule has 2 N–H and O–H groups in total. The largest absolute Gasteiger partial charge is 0.322 e. The summed E-state index contributed by atoms with van der Waals surface area (Å²) in [7, 11) is 0. The Labute approximate surface area is 122 Å². The standard InChI is InChI=1S/C13H17Cl2N3O/c1-7-4-3-5-16-11(7)13(19)18-10-8(2)6-9(14)17-12(10)15/h6-7,11,16H,3-5H2,1-2H3,(H,18,19). The summed E-state index contributed by atoms with van der Waals surface area (Å²) >= 11 is 11.8. The van der Waals surface area contributed by atoms with E-state index in [1.165, 1.54) is 0 Å². The summed E-state index contributed by atoms with van der Waals surface area (Å²) in [6.07, 6.45) is 2.16. The molecule has 2 heterocycles. The van der Waals surface area contributed by atoms with E-state index >= 15 is 0 Å². The van der Waals surface area contributed by atoms with Gasteiger partial charge in [-0.3, -0.25) is 4.79 Å².